The van der Waals surface area contributed by atoms with Crippen LogP contribution in [-0.4, -0.2) is 58.5 Å². The average Bonchev–Trinajstić information content (AvgIpc) is 2.87. The summed E-state index contributed by atoms with van der Waals surface area (Å²) in [5.41, 5.74) is 2.77. The van der Waals surface area contributed by atoms with Crippen molar-refractivity contribution in [3.63, 3.8) is 0 Å². The number of rotatable bonds is 5. The molecule has 9 heteroatoms. The second-order valence-electron chi connectivity index (χ2n) is 9.25. The first-order valence-corrected chi connectivity index (χ1v) is 12.0. The van der Waals surface area contributed by atoms with E-state index in [4.69, 9.17) is 15.6 Å². The fourth-order valence-corrected chi connectivity index (χ4v) is 4.52. The van der Waals surface area contributed by atoms with Gasteiger partial charge in [0.15, 0.2) is 5.84 Å². The minimum atomic E-state index is -0.376. The summed E-state index contributed by atoms with van der Waals surface area (Å²) in [4.78, 5) is 33.7. The number of carbonyl (C=O) groups is 2. The van der Waals surface area contributed by atoms with Crippen molar-refractivity contribution in [2.75, 3.05) is 25.5 Å². The zero-order chi connectivity index (χ0) is 25.1. The van der Waals surface area contributed by atoms with Crippen molar-refractivity contribution in [3.8, 4) is 5.75 Å². The zero-order valence-electron chi connectivity index (χ0n) is 20.5. The monoisotopic (exact) mass is 476 g/mol. The van der Waals surface area contributed by atoms with E-state index < -0.39 is 0 Å². The Morgan fingerprint density at radius 2 is 1.91 bits per heavy atom. The van der Waals surface area contributed by atoms with Gasteiger partial charge in [0, 0.05) is 32.0 Å². The lowest BCUT2D eigenvalue weighted by Crippen LogP contribution is -2.40. The zero-order valence-corrected chi connectivity index (χ0v) is 20.5. The molecule has 0 atom stereocenters. The van der Waals surface area contributed by atoms with Crippen molar-refractivity contribution in [3.05, 3.63) is 52.7 Å². The molecule has 0 saturated carbocycles. The van der Waals surface area contributed by atoms with Crippen LogP contribution in [0.25, 0.3) is 0 Å². The number of amides is 2. The molecule has 3 N–H and O–H groups in total. The molecule has 9 nitrogen and oxygen atoms in total. The van der Waals surface area contributed by atoms with Crippen LogP contribution in [0.2, 0.25) is 0 Å². The number of ether oxygens (including phenoxy) is 1. The molecule has 0 radical (unpaired) electrons. The number of hydrogen-bond donors (Lipinski definition) is 3. The van der Waals surface area contributed by atoms with Crippen LogP contribution in [0.5, 0.6) is 5.75 Å². The van der Waals surface area contributed by atoms with Crippen molar-refractivity contribution in [1.82, 2.24) is 14.8 Å². The van der Waals surface area contributed by atoms with E-state index in [-0.39, 0.29) is 23.6 Å². The molecule has 4 rings (SSSR count). The van der Waals surface area contributed by atoms with Gasteiger partial charge in [0.05, 0.1) is 12.7 Å². The lowest BCUT2D eigenvalue weighted by atomic mass is 9.95. The topological polar surface area (TPSA) is 122 Å². The van der Waals surface area contributed by atoms with E-state index >= 15 is 0 Å². The number of nitrogens with one attached hydrogen (secondary N) is 3. The van der Waals surface area contributed by atoms with Gasteiger partial charge in [0.1, 0.15) is 23.1 Å². The van der Waals surface area contributed by atoms with Gasteiger partial charge in [-0.05, 0) is 54.7 Å². The van der Waals surface area contributed by atoms with Crippen molar-refractivity contribution < 1.29 is 14.3 Å². The summed E-state index contributed by atoms with van der Waals surface area (Å²) in [7, 11) is 1.53. The summed E-state index contributed by atoms with van der Waals surface area (Å²) >= 11 is 0. The molecule has 1 aromatic carbocycles. The lowest BCUT2D eigenvalue weighted by molar-refractivity contribution is -0.135. The van der Waals surface area contributed by atoms with Gasteiger partial charge in [-0.2, -0.15) is 0 Å². The molecule has 0 spiro atoms. The number of likely N-dealkylation sites (tertiary alicyclic amines) is 1. The van der Waals surface area contributed by atoms with Crippen LogP contribution < -0.4 is 10.1 Å². The number of anilines is 1. The number of piperidine rings is 1. The number of hydrogen-bond acceptors (Lipinski definition) is 6. The summed E-state index contributed by atoms with van der Waals surface area (Å²) in [5.74, 6) is 1.01. The van der Waals surface area contributed by atoms with Gasteiger partial charge < -0.3 is 19.9 Å². The first-order valence-electron chi connectivity index (χ1n) is 12.0. The molecule has 35 heavy (non-hydrogen) atoms. The number of nitrogens with zero attached hydrogens (tertiary/aromatic N) is 3. The van der Waals surface area contributed by atoms with E-state index in [1.807, 2.05) is 24.8 Å². The van der Waals surface area contributed by atoms with Crippen LogP contribution in [0.1, 0.15) is 60.3 Å². The van der Waals surface area contributed by atoms with Crippen molar-refractivity contribution in [1.29, 1.82) is 10.8 Å². The molecule has 0 aliphatic carbocycles. The van der Waals surface area contributed by atoms with E-state index in [1.54, 1.807) is 29.2 Å². The molecule has 1 saturated heterocycles. The Bertz CT molecular complexity index is 1180. The normalized spacial score (nSPS) is 15.6. The van der Waals surface area contributed by atoms with E-state index in [2.05, 4.69) is 10.3 Å². The minimum Gasteiger partial charge on any atom is -0.496 e. The number of carbonyl (C=O) groups excluding carboxylic acids is 2. The third-order valence-corrected chi connectivity index (χ3v) is 6.46. The summed E-state index contributed by atoms with van der Waals surface area (Å²) in [5, 5.41) is 19.5. The van der Waals surface area contributed by atoms with Crippen LogP contribution in [0.4, 0.5) is 5.82 Å². The number of fused-ring (bicyclic) bond motifs is 1. The number of benzene rings is 1. The van der Waals surface area contributed by atoms with E-state index in [9.17, 15) is 9.59 Å². The largest absolute Gasteiger partial charge is 0.496 e. The first-order chi connectivity index (χ1) is 16.8. The van der Waals surface area contributed by atoms with E-state index in [0.717, 1.165) is 24.0 Å². The third-order valence-electron chi connectivity index (χ3n) is 6.46. The highest BCUT2D eigenvalue weighted by atomic mass is 16.5. The van der Waals surface area contributed by atoms with Gasteiger partial charge in [0.25, 0.3) is 5.91 Å². The highest BCUT2D eigenvalue weighted by molar-refractivity contribution is 6.08. The van der Waals surface area contributed by atoms with Crippen LogP contribution in [0.3, 0.4) is 0 Å². The maximum atomic E-state index is 13.2. The number of methoxy groups -OCH3 is 1. The smallest absolute Gasteiger partial charge is 0.260 e. The highest BCUT2D eigenvalue weighted by Gasteiger charge is 2.26. The molecule has 2 aromatic rings. The lowest BCUT2D eigenvalue weighted by Gasteiger charge is -2.31. The van der Waals surface area contributed by atoms with Gasteiger partial charge in [-0.3, -0.25) is 20.4 Å². The maximum absolute atomic E-state index is 13.2. The number of pyridine rings is 1. The fourth-order valence-electron chi connectivity index (χ4n) is 4.52. The Kier molecular flexibility index (Phi) is 7.14. The van der Waals surface area contributed by atoms with Crippen LogP contribution in [-0.2, 0) is 17.8 Å². The molecular formula is C26H32N6O3. The van der Waals surface area contributed by atoms with Crippen molar-refractivity contribution in [2.45, 2.75) is 46.1 Å². The van der Waals surface area contributed by atoms with E-state index in [0.29, 0.717) is 61.1 Å². The summed E-state index contributed by atoms with van der Waals surface area (Å²) in [6, 6.07) is 8.79. The number of aromatic nitrogens is 1. The Morgan fingerprint density at radius 3 is 2.63 bits per heavy atom. The quantitative estimate of drug-likeness (QED) is 0.449. The second kappa shape index (κ2) is 10.2. The summed E-state index contributed by atoms with van der Waals surface area (Å²) < 4.78 is 5.51. The standard InChI is InChI=1S/C26H32N6O3/c1-16(2)26(34)31-12-10-17-14-21(35-3)19(13-18(17)15-31)25(33)30-23-9-6-7-20(29-23)24(28)32-11-5-4-8-22(32)27/h6-7,9,13-14,16,27-28H,4-5,8,10-12,15H2,1-3H3,(H,29,30,33). The first kappa shape index (κ1) is 24.4. The molecule has 3 heterocycles. The van der Waals surface area contributed by atoms with Crippen molar-refractivity contribution in [2.24, 2.45) is 5.92 Å². The Hall–Kier alpha value is -3.75. The van der Waals surface area contributed by atoms with Gasteiger partial charge in [-0.15, -0.1) is 0 Å². The molecule has 2 aliphatic heterocycles. The molecule has 0 unspecified atom stereocenters. The SMILES string of the molecule is COc1cc2c(cc1C(=O)Nc1cccc(C(=N)N3CCCCC3=N)n1)CN(C(=O)C(C)C)CC2. The van der Waals surface area contributed by atoms with Gasteiger partial charge >= 0.3 is 0 Å². The van der Waals surface area contributed by atoms with Crippen LogP contribution in [0, 0.1) is 16.7 Å². The summed E-state index contributed by atoms with van der Waals surface area (Å²) in [6.45, 7) is 5.51. The Balaban J connectivity index is 1.55. The van der Waals surface area contributed by atoms with Gasteiger partial charge in [-0.1, -0.05) is 19.9 Å². The van der Waals surface area contributed by atoms with E-state index in [1.165, 1.54) is 7.11 Å². The van der Waals surface area contributed by atoms with Crippen LogP contribution in [0.15, 0.2) is 30.3 Å². The Morgan fingerprint density at radius 1 is 1.11 bits per heavy atom. The number of amidine groups is 2. The summed E-state index contributed by atoms with van der Waals surface area (Å²) in [6.07, 6.45) is 3.25. The predicted octanol–water partition coefficient (Wildman–Crippen LogP) is 3.67. The van der Waals surface area contributed by atoms with Gasteiger partial charge in [0.2, 0.25) is 5.91 Å². The molecule has 184 valence electrons. The van der Waals surface area contributed by atoms with Crippen molar-refractivity contribution >= 4 is 29.3 Å². The molecule has 0 bridgehead atoms. The molecule has 1 aromatic heterocycles. The average molecular weight is 477 g/mol. The third kappa shape index (κ3) is 5.18. The van der Waals surface area contributed by atoms with Crippen LogP contribution >= 0.6 is 0 Å². The van der Waals surface area contributed by atoms with Gasteiger partial charge in [-0.25, -0.2) is 4.98 Å². The predicted molar refractivity (Wildman–Crippen MR) is 134 cm³/mol. The second-order valence-corrected chi connectivity index (χ2v) is 9.25. The fraction of sp³-hybridized carbons (Fsp3) is 0.423. The molecule has 2 amide bonds. The minimum absolute atomic E-state index is 0.0803. The molecule has 2 aliphatic rings. The highest BCUT2D eigenvalue weighted by Crippen LogP contribution is 2.29. The maximum Gasteiger partial charge on any atom is 0.260 e. The Labute approximate surface area is 205 Å². The molecular weight excluding hydrogens is 444 g/mol. The molecule has 1 fully saturated rings.